The Balaban J connectivity index is 1.06. The molecule has 0 bridgehead atoms. The Morgan fingerprint density at radius 3 is 2.04 bits per heavy atom. The van der Waals surface area contributed by atoms with Crippen LogP contribution in [0.4, 0.5) is 0 Å². The minimum Gasteiger partial charge on any atom is -0.449 e. The first kappa shape index (κ1) is 27.3. The van der Waals surface area contributed by atoms with Gasteiger partial charge in [-0.3, -0.25) is 4.98 Å². The van der Waals surface area contributed by atoms with E-state index in [0.717, 1.165) is 56.4 Å². The van der Waals surface area contributed by atoms with Crippen molar-refractivity contribution in [2.24, 2.45) is 0 Å². The molecule has 2 aliphatic rings. The van der Waals surface area contributed by atoms with Gasteiger partial charge in [-0.15, -0.1) is 0 Å². The van der Waals surface area contributed by atoms with Crippen LogP contribution >= 0.6 is 0 Å². The zero-order valence-corrected chi connectivity index (χ0v) is 25.9. The molecule has 1 aliphatic carbocycles. The fourth-order valence-electron chi connectivity index (χ4n) is 6.80. The molecule has 0 fully saturated rings. The first-order chi connectivity index (χ1) is 23.0. The van der Waals surface area contributed by atoms with Crippen molar-refractivity contribution < 1.29 is 9.47 Å². The third kappa shape index (κ3) is 4.50. The van der Waals surface area contributed by atoms with Crippen LogP contribution in [0, 0.1) is 0 Å². The Morgan fingerprint density at radius 1 is 0.489 bits per heavy atom. The number of hydrogen-bond donors (Lipinski definition) is 0. The van der Waals surface area contributed by atoms with Crippen LogP contribution in [0.5, 0.6) is 23.0 Å². The van der Waals surface area contributed by atoms with Gasteiger partial charge < -0.3 is 9.47 Å². The molecule has 3 heterocycles. The first-order valence-corrected chi connectivity index (χ1v) is 15.8. The zero-order valence-electron chi connectivity index (χ0n) is 25.9. The molecule has 2 aromatic heterocycles. The summed E-state index contributed by atoms with van der Waals surface area (Å²) in [5, 5.41) is 0. The Bertz CT molecular complexity index is 2260. The fraction of sp³-hybridized carbons (Fsp3) is 0.0714. The molecule has 5 aromatic carbocycles. The van der Waals surface area contributed by atoms with Crippen molar-refractivity contribution in [2.75, 3.05) is 0 Å². The monoisotopic (exact) mass is 607 g/mol. The number of hydrogen-bond acceptors (Lipinski definition) is 5. The summed E-state index contributed by atoms with van der Waals surface area (Å²) < 4.78 is 13.1. The molecule has 0 saturated carbocycles. The topological polar surface area (TPSA) is 57.1 Å². The van der Waals surface area contributed by atoms with Crippen LogP contribution in [-0.2, 0) is 5.41 Å². The molecule has 0 spiro atoms. The van der Waals surface area contributed by atoms with Gasteiger partial charge in [0.15, 0.2) is 28.8 Å². The minimum absolute atomic E-state index is 0.114. The molecule has 1 aliphatic heterocycles. The number of fused-ring (bicyclic) bond motifs is 6. The van der Waals surface area contributed by atoms with E-state index in [1.165, 1.54) is 16.7 Å². The molecule has 0 atom stereocenters. The number of pyridine rings is 1. The lowest BCUT2D eigenvalue weighted by Crippen LogP contribution is -2.15. The molecular weight excluding hydrogens is 578 g/mol. The lowest BCUT2D eigenvalue weighted by molar-refractivity contribution is 0.360. The van der Waals surface area contributed by atoms with E-state index in [0.29, 0.717) is 17.3 Å². The summed E-state index contributed by atoms with van der Waals surface area (Å²) in [6.07, 6.45) is 1.78. The maximum absolute atomic E-state index is 6.69. The highest BCUT2D eigenvalue weighted by Gasteiger charge is 2.39. The Morgan fingerprint density at radius 2 is 1.21 bits per heavy atom. The van der Waals surface area contributed by atoms with Gasteiger partial charge in [-0.05, 0) is 64.2 Å². The second-order valence-corrected chi connectivity index (χ2v) is 12.5. The van der Waals surface area contributed by atoms with E-state index in [1.807, 2.05) is 54.6 Å². The molecule has 0 radical (unpaired) electrons. The van der Waals surface area contributed by atoms with Crippen molar-refractivity contribution in [2.45, 2.75) is 19.3 Å². The molecule has 5 nitrogen and oxygen atoms in total. The van der Waals surface area contributed by atoms with Crippen LogP contribution < -0.4 is 9.47 Å². The van der Waals surface area contributed by atoms with Crippen molar-refractivity contribution in [3.8, 4) is 79.3 Å². The Hall–Kier alpha value is -6.07. The quantitative estimate of drug-likeness (QED) is 0.199. The third-order valence-electron chi connectivity index (χ3n) is 9.24. The number of rotatable bonds is 4. The van der Waals surface area contributed by atoms with Crippen LogP contribution in [0.25, 0.3) is 56.3 Å². The van der Waals surface area contributed by atoms with Gasteiger partial charge in [0.1, 0.15) is 0 Å². The fourth-order valence-corrected chi connectivity index (χ4v) is 6.80. The number of aromatic nitrogens is 3. The molecule has 7 aromatic rings. The lowest BCUT2D eigenvalue weighted by Gasteiger charge is -2.25. The minimum atomic E-state index is -0.114. The van der Waals surface area contributed by atoms with E-state index in [1.54, 1.807) is 6.20 Å². The number of nitrogens with zero attached hydrogens (tertiary/aromatic N) is 3. The predicted octanol–water partition coefficient (Wildman–Crippen LogP) is 10.7. The van der Waals surface area contributed by atoms with Crippen LogP contribution in [0.2, 0.25) is 0 Å². The summed E-state index contributed by atoms with van der Waals surface area (Å²) in [6, 6.07) is 45.3. The predicted molar refractivity (Wildman–Crippen MR) is 186 cm³/mol. The zero-order chi connectivity index (χ0) is 31.5. The van der Waals surface area contributed by atoms with Gasteiger partial charge in [0.05, 0.1) is 17.1 Å². The van der Waals surface area contributed by atoms with E-state index < -0.39 is 0 Å². The molecule has 5 heteroatoms. The van der Waals surface area contributed by atoms with Crippen LogP contribution in [0.3, 0.4) is 0 Å². The number of ether oxygens (including phenoxy) is 2. The largest absolute Gasteiger partial charge is 0.449 e. The van der Waals surface area contributed by atoms with E-state index in [-0.39, 0.29) is 5.41 Å². The van der Waals surface area contributed by atoms with Gasteiger partial charge in [0.25, 0.3) is 0 Å². The van der Waals surface area contributed by atoms with Crippen molar-refractivity contribution in [1.29, 1.82) is 0 Å². The normalized spacial score (nSPS) is 13.4. The van der Waals surface area contributed by atoms with Crippen LogP contribution in [0.15, 0.2) is 140 Å². The third-order valence-corrected chi connectivity index (χ3v) is 9.24. The molecule has 0 saturated heterocycles. The second kappa shape index (κ2) is 10.5. The smallest absolute Gasteiger partial charge is 0.178 e. The van der Waals surface area contributed by atoms with Crippen molar-refractivity contribution in [3.05, 3.63) is 151 Å². The molecular formula is C42H29N3O2. The lowest BCUT2D eigenvalue weighted by atomic mass is 9.82. The van der Waals surface area contributed by atoms with E-state index in [9.17, 15) is 0 Å². The highest BCUT2D eigenvalue weighted by molar-refractivity contribution is 5.88. The van der Waals surface area contributed by atoms with Gasteiger partial charge in [0.2, 0.25) is 0 Å². The van der Waals surface area contributed by atoms with Crippen LogP contribution in [-0.4, -0.2) is 15.0 Å². The molecule has 0 unspecified atom stereocenters. The summed E-state index contributed by atoms with van der Waals surface area (Å²) >= 11 is 0. The van der Waals surface area contributed by atoms with E-state index in [4.69, 9.17) is 19.4 Å². The highest BCUT2D eigenvalue weighted by atomic mass is 16.6. The molecule has 0 amide bonds. The Labute approximate surface area is 273 Å². The maximum Gasteiger partial charge on any atom is 0.178 e. The summed E-state index contributed by atoms with van der Waals surface area (Å²) in [5.41, 5.74) is 11.2. The summed E-state index contributed by atoms with van der Waals surface area (Å²) in [6.45, 7) is 4.54. The average molecular weight is 608 g/mol. The summed E-state index contributed by atoms with van der Waals surface area (Å²) in [7, 11) is 0. The maximum atomic E-state index is 6.69. The highest BCUT2D eigenvalue weighted by Crippen LogP contribution is 2.58. The van der Waals surface area contributed by atoms with Gasteiger partial charge in [-0.2, -0.15) is 0 Å². The van der Waals surface area contributed by atoms with Crippen molar-refractivity contribution >= 4 is 0 Å². The molecule has 0 N–H and O–H groups in total. The molecule has 224 valence electrons. The molecule has 47 heavy (non-hydrogen) atoms. The van der Waals surface area contributed by atoms with Gasteiger partial charge in [0, 0.05) is 28.3 Å². The van der Waals surface area contributed by atoms with Crippen LogP contribution in [0.1, 0.15) is 25.0 Å². The first-order valence-electron chi connectivity index (χ1n) is 15.8. The van der Waals surface area contributed by atoms with Crippen molar-refractivity contribution in [1.82, 2.24) is 15.0 Å². The van der Waals surface area contributed by atoms with Gasteiger partial charge in [-0.1, -0.05) is 111 Å². The average Bonchev–Trinajstić information content (AvgIpc) is 3.37. The van der Waals surface area contributed by atoms with Crippen molar-refractivity contribution in [3.63, 3.8) is 0 Å². The van der Waals surface area contributed by atoms with E-state index in [2.05, 4.69) is 97.7 Å². The summed E-state index contributed by atoms with van der Waals surface area (Å²) in [5.74, 6) is 3.57. The summed E-state index contributed by atoms with van der Waals surface area (Å²) in [4.78, 5) is 14.4. The number of benzene rings is 5. The SMILES string of the molecule is CC1(C)c2ccccc2-c2c1ccc1c2Oc2cc(-c3ccc(-c4nc(-c5ccccc5)cc(-c5ccccn5)n4)cc3)ccc2O1. The Kier molecular flexibility index (Phi) is 6.09. The van der Waals surface area contributed by atoms with Gasteiger partial charge >= 0.3 is 0 Å². The second-order valence-electron chi connectivity index (χ2n) is 12.5. The molecule has 9 rings (SSSR count). The van der Waals surface area contributed by atoms with E-state index >= 15 is 0 Å². The standard InChI is InChI=1S/C42H29N3O2/c1-42(2)31-13-7-6-12-30(31)39-32(42)20-22-37-40(39)47-38-24-29(19-21-36(38)46-37)26-15-17-28(18-16-26)41-44-34(27-10-4-3-5-11-27)25-35(45-41)33-14-8-9-23-43-33/h3-25H,1-2H3. The van der Waals surface area contributed by atoms with Gasteiger partial charge in [-0.25, -0.2) is 9.97 Å².